The average Bonchev–Trinajstić information content (AvgIpc) is 2.81. The van der Waals surface area contributed by atoms with Crippen LogP contribution < -0.4 is 0 Å². The van der Waals surface area contributed by atoms with Crippen LogP contribution in [0.1, 0.15) is 5.56 Å². The highest BCUT2D eigenvalue weighted by Crippen LogP contribution is 2.33. The number of fused-ring (bicyclic) bond motifs is 1. The van der Waals surface area contributed by atoms with Gasteiger partial charge in [-0.1, -0.05) is 17.7 Å². The van der Waals surface area contributed by atoms with Crippen LogP contribution in [-0.2, 0) is 6.18 Å². The summed E-state index contributed by atoms with van der Waals surface area (Å²) in [5.74, 6) is 0.133. The minimum atomic E-state index is -4.40. The normalized spacial score (nSPS) is 12.0. The number of aromatic nitrogens is 1. The number of halogens is 4. The molecule has 102 valence electrons. The molecule has 0 saturated heterocycles. The van der Waals surface area contributed by atoms with Gasteiger partial charge in [-0.2, -0.15) is 13.2 Å². The Morgan fingerprint density at radius 3 is 2.60 bits per heavy atom. The fourth-order valence-corrected chi connectivity index (χ4v) is 2.02. The lowest BCUT2D eigenvalue weighted by molar-refractivity contribution is -0.137. The van der Waals surface area contributed by atoms with Crippen molar-refractivity contribution in [2.45, 2.75) is 6.18 Å². The summed E-state index contributed by atoms with van der Waals surface area (Å²) in [6.07, 6.45) is -4.40. The molecule has 1 aromatic heterocycles. The number of rotatable bonds is 1. The second-order valence-corrected chi connectivity index (χ2v) is 4.65. The number of nitrogens with zero attached hydrogens (tertiary/aromatic N) is 1. The zero-order valence-corrected chi connectivity index (χ0v) is 10.7. The number of benzene rings is 2. The van der Waals surface area contributed by atoms with E-state index in [1.807, 2.05) is 0 Å². The topological polar surface area (TPSA) is 26.0 Å². The zero-order valence-electron chi connectivity index (χ0n) is 9.91. The Kier molecular flexibility index (Phi) is 2.94. The molecule has 3 aromatic rings. The summed E-state index contributed by atoms with van der Waals surface area (Å²) in [7, 11) is 0. The lowest BCUT2D eigenvalue weighted by atomic mass is 10.1. The molecule has 0 aliphatic rings. The van der Waals surface area contributed by atoms with Gasteiger partial charge in [0.05, 0.1) is 5.56 Å². The Balaban J connectivity index is 2.11. The molecule has 0 saturated carbocycles. The SMILES string of the molecule is FC(F)(F)c1cccc(-c2nc3cc(Cl)ccc3o2)c1. The van der Waals surface area contributed by atoms with E-state index < -0.39 is 11.7 Å². The van der Waals surface area contributed by atoms with Gasteiger partial charge in [0, 0.05) is 10.6 Å². The van der Waals surface area contributed by atoms with Crippen LogP contribution in [0.15, 0.2) is 46.9 Å². The highest BCUT2D eigenvalue weighted by molar-refractivity contribution is 6.31. The molecular formula is C14H7ClF3NO. The molecule has 6 heteroatoms. The molecule has 2 nitrogen and oxygen atoms in total. The summed E-state index contributed by atoms with van der Waals surface area (Å²) < 4.78 is 43.5. The monoisotopic (exact) mass is 297 g/mol. The maximum atomic E-state index is 12.7. The van der Waals surface area contributed by atoms with Gasteiger partial charge in [0.25, 0.3) is 0 Å². The first-order chi connectivity index (χ1) is 9.43. The number of hydrogen-bond acceptors (Lipinski definition) is 2. The van der Waals surface area contributed by atoms with Crippen LogP contribution in [0.25, 0.3) is 22.6 Å². The van der Waals surface area contributed by atoms with Gasteiger partial charge in [0.1, 0.15) is 5.52 Å². The third-order valence-electron chi connectivity index (χ3n) is 2.79. The van der Waals surface area contributed by atoms with Gasteiger partial charge in [0.2, 0.25) is 5.89 Å². The Morgan fingerprint density at radius 2 is 1.85 bits per heavy atom. The molecule has 2 aromatic carbocycles. The van der Waals surface area contributed by atoms with Crippen molar-refractivity contribution in [3.8, 4) is 11.5 Å². The van der Waals surface area contributed by atoms with Gasteiger partial charge in [-0.05, 0) is 36.4 Å². The molecule has 0 aliphatic carbocycles. The van der Waals surface area contributed by atoms with Gasteiger partial charge in [-0.25, -0.2) is 4.98 Å². The standard InChI is InChI=1S/C14H7ClF3NO/c15-10-4-5-12-11(7-10)19-13(20-12)8-2-1-3-9(6-8)14(16,17)18/h1-7H. The summed E-state index contributed by atoms with van der Waals surface area (Å²) in [5.41, 5.74) is 0.508. The molecule has 0 N–H and O–H groups in total. The highest BCUT2D eigenvalue weighted by atomic mass is 35.5. The summed E-state index contributed by atoms with van der Waals surface area (Å²) in [6.45, 7) is 0. The van der Waals surface area contributed by atoms with Crippen molar-refractivity contribution in [2.75, 3.05) is 0 Å². The first-order valence-electron chi connectivity index (χ1n) is 5.67. The largest absolute Gasteiger partial charge is 0.436 e. The fourth-order valence-electron chi connectivity index (χ4n) is 1.85. The maximum absolute atomic E-state index is 12.7. The maximum Gasteiger partial charge on any atom is 0.416 e. The van der Waals surface area contributed by atoms with Crippen LogP contribution in [0.5, 0.6) is 0 Å². The van der Waals surface area contributed by atoms with Crippen molar-refractivity contribution in [2.24, 2.45) is 0 Å². The van der Waals surface area contributed by atoms with Crippen molar-refractivity contribution in [1.29, 1.82) is 0 Å². The molecule has 0 unspecified atom stereocenters. The predicted molar refractivity (Wildman–Crippen MR) is 69.5 cm³/mol. The van der Waals surface area contributed by atoms with Crippen molar-refractivity contribution < 1.29 is 17.6 Å². The number of hydrogen-bond donors (Lipinski definition) is 0. The molecule has 0 fully saturated rings. The molecule has 0 spiro atoms. The smallest absolute Gasteiger partial charge is 0.416 e. The van der Waals surface area contributed by atoms with E-state index in [4.69, 9.17) is 16.0 Å². The molecule has 3 rings (SSSR count). The van der Waals surface area contributed by atoms with Crippen molar-refractivity contribution in [1.82, 2.24) is 4.98 Å². The van der Waals surface area contributed by atoms with Crippen LogP contribution >= 0.6 is 11.6 Å². The summed E-state index contributed by atoms with van der Waals surface area (Å²) >= 11 is 5.83. The van der Waals surface area contributed by atoms with Crippen LogP contribution in [0.2, 0.25) is 5.02 Å². The Morgan fingerprint density at radius 1 is 1.05 bits per heavy atom. The van der Waals surface area contributed by atoms with E-state index in [2.05, 4.69) is 4.98 Å². The van der Waals surface area contributed by atoms with Gasteiger partial charge in [-0.3, -0.25) is 0 Å². The van der Waals surface area contributed by atoms with E-state index >= 15 is 0 Å². The van der Waals surface area contributed by atoms with E-state index in [0.717, 1.165) is 12.1 Å². The van der Waals surface area contributed by atoms with Crippen molar-refractivity contribution in [3.05, 3.63) is 53.1 Å². The van der Waals surface area contributed by atoms with Crippen LogP contribution in [-0.4, -0.2) is 4.98 Å². The fraction of sp³-hybridized carbons (Fsp3) is 0.0714. The number of alkyl halides is 3. The molecule has 1 heterocycles. The molecular weight excluding hydrogens is 291 g/mol. The van der Waals surface area contributed by atoms with Crippen LogP contribution in [0.4, 0.5) is 13.2 Å². The van der Waals surface area contributed by atoms with Gasteiger partial charge < -0.3 is 4.42 Å². The minimum absolute atomic E-state index is 0.133. The van der Waals surface area contributed by atoms with Crippen molar-refractivity contribution in [3.63, 3.8) is 0 Å². The Labute approximate surface area is 116 Å². The van der Waals surface area contributed by atoms with E-state index in [1.165, 1.54) is 12.1 Å². The lowest BCUT2D eigenvalue weighted by Crippen LogP contribution is -2.04. The second-order valence-electron chi connectivity index (χ2n) is 4.21. The molecule has 0 bridgehead atoms. The third-order valence-corrected chi connectivity index (χ3v) is 3.02. The second kappa shape index (κ2) is 4.52. The van der Waals surface area contributed by atoms with Gasteiger partial charge in [0.15, 0.2) is 5.58 Å². The van der Waals surface area contributed by atoms with Crippen LogP contribution in [0, 0.1) is 0 Å². The molecule has 0 atom stereocenters. The zero-order chi connectivity index (χ0) is 14.3. The summed E-state index contributed by atoms with van der Waals surface area (Å²) in [4.78, 5) is 4.15. The average molecular weight is 298 g/mol. The minimum Gasteiger partial charge on any atom is -0.436 e. The number of oxazole rings is 1. The Bertz CT molecular complexity index is 779. The van der Waals surface area contributed by atoms with Crippen molar-refractivity contribution >= 4 is 22.7 Å². The summed E-state index contributed by atoms with van der Waals surface area (Å²) in [6, 6.07) is 9.70. The predicted octanol–water partition coefficient (Wildman–Crippen LogP) is 5.17. The molecule has 0 aliphatic heterocycles. The van der Waals surface area contributed by atoms with Crippen LogP contribution in [0.3, 0.4) is 0 Å². The third kappa shape index (κ3) is 2.36. The van der Waals surface area contributed by atoms with E-state index in [1.54, 1.807) is 18.2 Å². The van der Waals surface area contributed by atoms with Gasteiger partial charge >= 0.3 is 6.18 Å². The van der Waals surface area contributed by atoms with Gasteiger partial charge in [-0.15, -0.1) is 0 Å². The Hall–Kier alpha value is -2.01. The quantitative estimate of drug-likeness (QED) is 0.619. The first-order valence-corrected chi connectivity index (χ1v) is 6.05. The van der Waals surface area contributed by atoms with E-state index in [9.17, 15) is 13.2 Å². The summed E-state index contributed by atoms with van der Waals surface area (Å²) in [5, 5.41) is 0.487. The molecule has 0 radical (unpaired) electrons. The van der Waals surface area contributed by atoms with E-state index in [0.29, 0.717) is 16.1 Å². The van der Waals surface area contributed by atoms with E-state index in [-0.39, 0.29) is 11.5 Å². The first kappa shape index (κ1) is 13.0. The lowest BCUT2D eigenvalue weighted by Gasteiger charge is -2.06. The highest BCUT2D eigenvalue weighted by Gasteiger charge is 2.30. The molecule has 0 amide bonds. The molecule has 20 heavy (non-hydrogen) atoms.